The molecule has 1 saturated heterocycles. The molecule has 4 N–H and O–H groups in total. The third kappa shape index (κ3) is 15.6. The molecule has 1 aliphatic carbocycles. The van der Waals surface area contributed by atoms with Crippen molar-refractivity contribution in [2.24, 2.45) is 7.05 Å². The average molecular weight is 1080 g/mol. The summed E-state index contributed by atoms with van der Waals surface area (Å²) in [4.78, 5) is 95.7. The molecule has 1 atom stereocenters. The number of imide groups is 2. The number of aromatic nitrogens is 2. The number of urea groups is 1. The normalized spacial score (nSPS) is 16.9. The van der Waals surface area contributed by atoms with Crippen molar-refractivity contribution in [3.05, 3.63) is 136 Å². The number of amides is 7. The van der Waals surface area contributed by atoms with Crippen LogP contribution in [0.4, 0.5) is 16.3 Å². The van der Waals surface area contributed by atoms with Crippen LogP contribution in [0.1, 0.15) is 70.4 Å². The number of carbonyl (C=O) groups is 6. The van der Waals surface area contributed by atoms with Crippen molar-refractivity contribution in [3.8, 4) is 28.7 Å². The highest BCUT2D eigenvalue weighted by molar-refractivity contribution is 6.24. The fourth-order valence-electron chi connectivity index (χ4n) is 9.31. The summed E-state index contributed by atoms with van der Waals surface area (Å²) < 4.78 is 35.3. The van der Waals surface area contributed by atoms with Crippen LogP contribution in [0.15, 0.2) is 108 Å². The van der Waals surface area contributed by atoms with Crippen LogP contribution >= 0.6 is 0 Å². The van der Waals surface area contributed by atoms with Gasteiger partial charge < -0.3 is 48.9 Å². The Morgan fingerprint density at radius 1 is 0.734 bits per heavy atom. The summed E-state index contributed by atoms with van der Waals surface area (Å²) in [7, 11) is 1.72. The molecule has 79 heavy (non-hydrogen) atoms. The van der Waals surface area contributed by atoms with Gasteiger partial charge in [0, 0.05) is 62.8 Å². The number of hydrogen-bond donors (Lipinski definition) is 4. The molecule has 414 valence electrons. The van der Waals surface area contributed by atoms with E-state index in [-0.39, 0.29) is 66.5 Å². The Bertz CT molecular complexity index is 3030. The number of nitrogens with one attached hydrogen (secondary N) is 4. The van der Waals surface area contributed by atoms with Gasteiger partial charge in [-0.3, -0.25) is 43.9 Å². The number of carbonyl (C=O) groups excluding carboxylic acids is 6. The number of hydrogen-bond acceptors (Lipinski definition) is 16. The van der Waals surface area contributed by atoms with E-state index >= 15 is 0 Å². The molecule has 3 aliphatic rings. The first-order valence-corrected chi connectivity index (χ1v) is 26.2. The van der Waals surface area contributed by atoms with E-state index in [1.165, 1.54) is 18.2 Å². The number of benzene rings is 3. The van der Waals surface area contributed by atoms with Crippen LogP contribution in [-0.2, 0) is 46.9 Å². The lowest BCUT2D eigenvalue weighted by Gasteiger charge is -2.37. The lowest BCUT2D eigenvalue weighted by Crippen LogP contribution is -2.54. The van der Waals surface area contributed by atoms with Crippen molar-refractivity contribution in [1.82, 2.24) is 30.4 Å². The number of nitriles is 1. The van der Waals surface area contributed by atoms with E-state index < -0.39 is 42.2 Å². The third-order valence-corrected chi connectivity index (χ3v) is 13.4. The van der Waals surface area contributed by atoms with Gasteiger partial charge in [0.15, 0.2) is 6.61 Å². The highest BCUT2D eigenvalue weighted by Crippen LogP contribution is 2.34. The Morgan fingerprint density at radius 2 is 1.42 bits per heavy atom. The Labute approximate surface area is 456 Å². The van der Waals surface area contributed by atoms with Gasteiger partial charge in [0.1, 0.15) is 36.0 Å². The van der Waals surface area contributed by atoms with Gasteiger partial charge in [-0.1, -0.05) is 30.3 Å². The van der Waals surface area contributed by atoms with Crippen molar-refractivity contribution < 1.29 is 57.2 Å². The summed E-state index contributed by atoms with van der Waals surface area (Å²) in [5, 5.41) is 20.6. The lowest BCUT2D eigenvalue weighted by atomic mass is 9.89. The predicted octanol–water partition coefficient (Wildman–Crippen LogP) is 4.50. The molecule has 5 aromatic rings. The highest BCUT2D eigenvalue weighted by Gasteiger charge is 2.46. The Hall–Kier alpha value is -8.49. The van der Waals surface area contributed by atoms with E-state index in [4.69, 9.17) is 33.7 Å². The number of nitrogens with zero attached hydrogens (tertiary/aromatic N) is 5. The van der Waals surface area contributed by atoms with Gasteiger partial charge in [-0.25, -0.2) is 9.78 Å². The Morgan fingerprint density at radius 3 is 2.08 bits per heavy atom. The number of pyridine rings is 2. The fraction of sp³-hybridized carbons (Fsp3) is 0.386. The second-order valence-corrected chi connectivity index (χ2v) is 18.8. The second kappa shape index (κ2) is 28.2. The molecule has 1 saturated carbocycles. The summed E-state index contributed by atoms with van der Waals surface area (Å²) in [5.74, 6) is -1.64. The molecule has 1 unspecified atom stereocenters. The minimum atomic E-state index is -1.11. The van der Waals surface area contributed by atoms with E-state index in [0.29, 0.717) is 70.7 Å². The van der Waals surface area contributed by atoms with Gasteiger partial charge in [-0.05, 0) is 103 Å². The number of aryl methyl sites for hydroxylation is 1. The van der Waals surface area contributed by atoms with E-state index in [1.54, 1.807) is 42.2 Å². The molecule has 0 spiro atoms. The zero-order valence-electron chi connectivity index (χ0n) is 43.8. The number of ether oxygens (including phenoxy) is 6. The van der Waals surface area contributed by atoms with E-state index in [1.807, 2.05) is 59.5 Å². The first kappa shape index (κ1) is 56.7. The quantitative estimate of drug-likeness (QED) is 0.0416. The maximum atomic E-state index is 14.1. The van der Waals surface area contributed by atoms with Gasteiger partial charge in [0.05, 0.1) is 69.5 Å². The molecule has 4 heterocycles. The molecule has 7 amide bonds. The average Bonchev–Trinajstić information content (AvgIpc) is 4.00. The molecule has 2 fully saturated rings. The first-order chi connectivity index (χ1) is 38.4. The molecule has 0 radical (unpaired) electrons. The predicted molar refractivity (Wildman–Crippen MR) is 287 cm³/mol. The standard InChI is InChI=1S/C57H63N9O13/c1-64-36-41(10-22-52(64)69)40-8-13-43(14-9-40)65(44-15-11-42(12-16-44)62-49-20-7-39(33-58)35-60-49)57(73)61-34-38-5-17-45(18-6-38)78-32-31-77-30-29-76-28-27-75-26-25-74-24-23-59-51(68)37-79-48-4-2-3-46-53(48)56(72)66(55(46)71)47-19-21-50(67)63-54(47)70/h2-10,13-14,17-18,20,22,35-36,42,44,47H,11-12,15-16,19,21,23-32,34,37H2,1H3,(H,59,68)(H,60,62)(H,61,73)(H,63,67,70). The molecular formula is C57H63N9O13. The van der Waals surface area contributed by atoms with Crippen LogP contribution in [-0.4, -0.2) is 141 Å². The van der Waals surface area contributed by atoms with Crippen LogP contribution in [0.2, 0.25) is 0 Å². The Kier molecular flexibility index (Phi) is 20.3. The SMILES string of the molecule is Cn1cc(-c2ccc(N(C(=O)NCc3ccc(OCCOCCOCCOCCOCCNC(=O)COc4cccc5c4C(=O)N(C4CCC(=O)NC4=O)C5=O)cc3)C3CCC(Nc4ccc(C#N)cn4)CC3)cc2)ccc1=O. The van der Waals surface area contributed by atoms with Crippen molar-refractivity contribution in [2.45, 2.75) is 63.2 Å². The maximum Gasteiger partial charge on any atom is 0.322 e. The third-order valence-electron chi connectivity index (χ3n) is 13.4. The minimum absolute atomic E-state index is 0.000645. The van der Waals surface area contributed by atoms with Crippen molar-refractivity contribution in [3.63, 3.8) is 0 Å². The number of anilines is 2. The molecule has 22 nitrogen and oxygen atoms in total. The first-order valence-electron chi connectivity index (χ1n) is 26.2. The lowest BCUT2D eigenvalue weighted by molar-refractivity contribution is -0.136. The number of fused-ring (bicyclic) bond motifs is 1. The number of rotatable bonds is 27. The van der Waals surface area contributed by atoms with Crippen molar-refractivity contribution >= 4 is 47.1 Å². The summed E-state index contributed by atoms with van der Waals surface area (Å²) in [5.41, 5.74) is 3.93. The fourth-order valence-corrected chi connectivity index (χ4v) is 9.31. The largest absolute Gasteiger partial charge is 0.491 e. The van der Waals surface area contributed by atoms with Gasteiger partial charge in [0.25, 0.3) is 17.7 Å². The Balaban J connectivity index is 0.657. The minimum Gasteiger partial charge on any atom is -0.491 e. The van der Waals surface area contributed by atoms with Gasteiger partial charge >= 0.3 is 6.03 Å². The van der Waals surface area contributed by atoms with Gasteiger partial charge in [-0.15, -0.1) is 0 Å². The molecule has 2 aliphatic heterocycles. The van der Waals surface area contributed by atoms with Crippen LogP contribution in [0.25, 0.3) is 11.1 Å². The molecule has 2 aromatic heterocycles. The van der Waals surface area contributed by atoms with Crippen LogP contribution in [0, 0.1) is 11.3 Å². The van der Waals surface area contributed by atoms with Gasteiger partial charge in [-0.2, -0.15) is 5.26 Å². The molecule has 3 aromatic carbocycles. The summed E-state index contributed by atoms with van der Waals surface area (Å²) >= 11 is 0. The van der Waals surface area contributed by atoms with Crippen LogP contribution in [0.3, 0.4) is 0 Å². The molecular weight excluding hydrogens is 1020 g/mol. The van der Waals surface area contributed by atoms with E-state index in [0.717, 1.165) is 58.8 Å². The molecule has 8 rings (SSSR count). The van der Waals surface area contributed by atoms with Crippen molar-refractivity contribution in [2.75, 3.05) is 82.8 Å². The van der Waals surface area contributed by atoms with Crippen LogP contribution in [0.5, 0.6) is 11.5 Å². The zero-order chi connectivity index (χ0) is 55.5. The van der Waals surface area contributed by atoms with E-state index in [2.05, 4.69) is 32.3 Å². The van der Waals surface area contributed by atoms with E-state index in [9.17, 15) is 33.6 Å². The van der Waals surface area contributed by atoms with Crippen LogP contribution < -0.4 is 41.2 Å². The summed E-state index contributed by atoms with van der Waals surface area (Å²) in [6.45, 7) is 3.09. The van der Waals surface area contributed by atoms with Crippen molar-refractivity contribution in [1.29, 1.82) is 5.26 Å². The topological polar surface area (TPSA) is 271 Å². The zero-order valence-corrected chi connectivity index (χ0v) is 43.8. The molecule has 0 bridgehead atoms. The smallest absolute Gasteiger partial charge is 0.322 e. The molecule has 22 heteroatoms. The van der Waals surface area contributed by atoms with Gasteiger partial charge in [0.2, 0.25) is 17.4 Å². The maximum absolute atomic E-state index is 14.1. The highest BCUT2D eigenvalue weighted by atomic mass is 16.6. The summed E-state index contributed by atoms with van der Waals surface area (Å²) in [6.07, 6.45) is 6.57. The monoisotopic (exact) mass is 1080 g/mol. The summed E-state index contributed by atoms with van der Waals surface area (Å²) in [6, 6.07) is 27.6. The second-order valence-electron chi connectivity index (χ2n) is 18.8. The number of piperidine rings is 1.